The fourth-order valence-corrected chi connectivity index (χ4v) is 3.37. The fraction of sp³-hybridized carbons (Fsp3) is 0.417. The summed E-state index contributed by atoms with van der Waals surface area (Å²) in [7, 11) is -3.23. The number of nitrogens with zero attached hydrogens (tertiary/aromatic N) is 1. The molecule has 0 aliphatic heterocycles. The van der Waals surface area contributed by atoms with Gasteiger partial charge in [0, 0.05) is 17.8 Å². The maximum atomic E-state index is 12.2. The first-order chi connectivity index (χ1) is 11.0. The number of rotatable bonds is 8. The number of hydrogen-bond donors (Lipinski definition) is 5. The lowest BCUT2D eigenvalue weighted by molar-refractivity contribution is -0.386. The van der Waals surface area contributed by atoms with Gasteiger partial charge in [-0.3, -0.25) is 19.5 Å². The zero-order valence-electron chi connectivity index (χ0n) is 12.5. The van der Waals surface area contributed by atoms with Crippen molar-refractivity contribution in [2.75, 3.05) is 13.3 Å². The maximum Gasteiger partial charge on any atom is 0.320 e. The summed E-state index contributed by atoms with van der Waals surface area (Å²) in [5.74, 6) is -4.56. The number of nitrogens with two attached hydrogens (primary N) is 1. The molecule has 0 aromatic heterocycles. The highest BCUT2D eigenvalue weighted by Crippen LogP contribution is 2.56. The average molecular weight is 364 g/mol. The molecule has 0 aliphatic rings. The molecule has 0 aliphatic carbocycles. The molecule has 3 unspecified atom stereocenters. The highest BCUT2D eigenvalue weighted by Gasteiger charge is 2.34. The minimum Gasteiger partial charge on any atom is -0.500 e. The molecule has 3 atom stereocenters. The summed E-state index contributed by atoms with van der Waals surface area (Å²) in [6.45, 7) is 0. The quantitative estimate of drug-likeness (QED) is 0.244. The van der Waals surface area contributed by atoms with Crippen LogP contribution in [0.3, 0.4) is 0 Å². The van der Waals surface area contributed by atoms with Crippen LogP contribution in [0.5, 0.6) is 11.5 Å². The molecule has 0 bridgehead atoms. The van der Waals surface area contributed by atoms with Crippen LogP contribution in [0.15, 0.2) is 12.1 Å². The number of carboxylic acids is 1. The largest absolute Gasteiger partial charge is 0.500 e. The Labute approximate surface area is 135 Å². The molecule has 0 saturated heterocycles. The molecule has 11 nitrogen and oxygen atoms in total. The first-order valence-electron chi connectivity index (χ1n) is 6.54. The number of ether oxygens (including phenoxy) is 1. The number of nitro groups is 1. The SMILES string of the molecule is COc1cc(C(O)P(=O)(O)CCC(N)C(=O)O)cc([N+](=O)[O-])c1O. The molecule has 0 radical (unpaired) electrons. The van der Waals surface area contributed by atoms with Crippen LogP contribution in [0, 0.1) is 10.1 Å². The normalized spacial score (nSPS) is 16.0. The van der Waals surface area contributed by atoms with Crippen molar-refractivity contribution in [3.63, 3.8) is 0 Å². The summed E-state index contributed by atoms with van der Waals surface area (Å²) in [5.41, 5.74) is 4.09. The molecule has 0 fully saturated rings. The Morgan fingerprint density at radius 1 is 1.50 bits per heavy atom. The van der Waals surface area contributed by atoms with Crippen LogP contribution in [0.4, 0.5) is 5.69 Å². The van der Waals surface area contributed by atoms with Crippen molar-refractivity contribution in [1.29, 1.82) is 0 Å². The summed E-state index contributed by atoms with van der Waals surface area (Å²) < 4.78 is 16.9. The Bertz CT molecular complexity index is 693. The second-order valence-electron chi connectivity index (χ2n) is 4.93. The van der Waals surface area contributed by atoms with Crippen LogP contribution in [0.1, 0.15) is 17.8 Å². The number of aromatic hydroxyl groups is 1. The molecule has 24 heavy (non-hydrogen) atoms. The molecule has 1 aromatic carbocycles. The Morgan fingerprint density at radius 2 is 2.08 bits per heavy atom. The molecular weight excluding hydrogens is 347 g/mol. The predicted molar refractivity (Wildman–Crippen MR) is 81.2 cm³/mol. The molecule has 6 N–H and O–H groups in total. The fourth-order valence-electron chi connectivity index (χ4n) is 1.86. The van der Waals surface area contributed by atoms with E-state index < -0.39 is 47.7 Å². The number of nitro benzene ring substituents is 1. The highest BCUT2D eigenvalue weighted by molar-refractivity contribution is 7.58. The van der Waals surface area contributed by atoms with Crippen LogP contribution in [-0.2, 0) is 9.36 Å². The Hall–Kier alpha value is -2.20. The van der Waals surface area contributed by atoms with Crippen molar-refractivity contribution >= 4 is 19.0 Å². The number of aliphatic carboxylic acids is 1. The van der Waals surface area contributed by atoms with Gasteiger partial charge in [-0.15, -0.1) is 0 Å². The van der Waals surface area contributed by atoms with E-state index in [4.69, 9.17) is 15.6 Å². The van der Waals surface area contributed by atoms with Gasteiger partial charge in [0.15, 0.2) is 11.6 Å². The van der Waals surface area contributed by atoms with Crippen molar-refractivity contribution in [2.45, 2.75) is 18.3 Å². The van der Waals surface area contributed by atoms with Gasteiger partial charge >= 0.3 is 11.7 Å². The number of phenolic OH excluding ortho intramolecular Hbond substituents is 1. The topological polar surface area (TPSA) is 193 Å². The van der Waals surface area contributed by atoms with Crippen LogP contribution in [-0.4, -0.2) is 50.4 Å². The summed E-state index contributed by atoms with van der Waals surface area (Å²) in [6.07, 6.45) is -0.990. The number of carbonyl (C=O) groups is 1. The third-order valence-corrected chi connectivity index (χ3v) is 5.21. The Kier molecular flexibility index (Phi) is 6.27. The number of benzene rings is 1. The molecule has 0 saturated carbocycles. The lowest BCUT2D eigenvalue weighted by Crippen LogP contribution is -2.31. The minimum absolute atomic E-state index is 0.328. The molecule has 0 amide bonds. The lowest BCUT2D eigenvalue weighted by atomic mass is 10.2. The van der Waals surface area contributed by atoms with Gasteiger partial charge in [-0.25, -0.2) is 0 Å². The second kappa shape index (κ2) is 7.58. The van der Waals surface area contributed by atoms with Gasteiger partial charge in [0.25, 0.3) is 0 Å². The van der Waals surface area contributed by atoms with Gasteiger partial charge in [0.2, 0.25) is 13.1 Å². The van der Waals surface area contributed by atoms with Gasteiger partial charge in [-0.1, -0.05) is 0 Å². The molecule has 0 spiro atoms. The average Bonchev–Trinajstić information content (AvgIpc) is 2.51. The van der Waals surface area contributed by atoms with Gasteiger partial charge in [-0.2, -0.15) is 0 Å². The second-order valence-corrected chi connectivity index (χ2v) is 7.38. The van der Waals surface area contributed by atoms with Crippen LogP contribution in [0.2, 0.25) is 0 Å². The van der Waals surface area contributed by atoms with E-state index in [1.54, 1.807) is 0 Å². The standard InChI is InChI=1S/C12H17N2O9P/c1-23-9-5-6(4-8(10(9)15)14(19)20)12(18)24(21,22)3-2-7(13)11(16)17/h4-5,7,12,15,18H,2-3,13H2,1H3,(H,16,17)(H,21,22). The van der Waals surface area contributed by atoms with E-state index in [2.05, 4.69) is 0 Å². The van der Waals surface area contributed by atoms with E-state index >= 15 is 0 Å². The first-order valence-corrected chi connectivity index (χ1v) is 8.46. The predicted octanol–water partition coefficient (Wildman–Crippen LogP) is 0.372. The number of hydrogen-bond acceptors (Lipinski definition) is 8. The van der Waals surface area contributed by atoms with Crippen molar-refractivity contribution in [2.24, 2.45) is 5.73 Å². The van der Waals surface area contributed by atoms with Gasteiger partial charge in [0.1, 0.15) is 6.04 Å². The molecule has 12 heteroatoms. The number of aliphatic hydroxyl groups is 1. The van der Waals surface area contributed by atoms with Crippen molar-refractivity contribution in [3.8, 4) is 11.5 Å². The highest BCUT2D eigenvalue weighted by atomic mass is 31.2. The first kappa shape index (κ1) is 19.8. The summed E-state index contributed by atoms with van der Waals surface area (Å²) in [6, 6.07) is 0.330. The summed E-state index contributed by atoms with van der Waals surface area (Å²) in [5, 5.41) is 39.3. The smallest absolute Gasteiger partial charge is 0.320 e. The Morgan fingerprint density at radius 3 is 2.54 bits per heavy atom. The molecular formula is C12H17N2O9P. The van der Waals surface area contributed by atoms with Crippen LogP contribution in [0.25, 0.3) is 0 Å². The number of aliphatic hydroxyl groups excluding tert-OH is 1. The van der Waals surface area contributed by atoms with E-state index in [0.29, 0.717) is 0 Å². The van der Waals surface area contributed by atoms with Gasteiger partial charge < -0.3 is 30.7 Å². The lowest BCUT2D eigenvalue weighted by Gasteiger charge is -2.20. The third-order valence-electron chi connectivity index (χ3n) is 3.25. The van der Waals surface area contributed by atoms with Gasteiger partial charge in [0.05, 0.1) is 12.0 Å². The van der Waals surface area contributed by atoms with Gasteiger partial charge in [-0.05, 0) is 12.5 Å². The molecule has 0 heterocycles. The van der Waals surface area contributed by atoms with Crippen LogP contribution >= 0.6 is 7.37 Å². The summed E-state index contributed by atoms with van der Waals surface area (Å²) >= 11 is 0. The minimum atomic E-state index is -4.34. The molecule has 134 valence electrons. The van der Waals surface area contributed by atoms with E-state index in [1.807, 2.05) is 0 Å². The summed E-state index contributed by atoms with van der Waals surface area (Å²) in [4.78, 5) is 30.5. The molecule has 1 rings (SSSR count). The van der Waals surface area contributed by atoms with Crippen LogP contribution < -0.4 is 10.5 Å². The zero-order valence-corrected chi connectivity index (χ0v) is 13.4. The van der Waals surface area contributed by atoms with E-state index in [-0.39, 0.29) is 17.7 Å². The Balaban J connectivity index is 3.15. The number of phenols is 1. The number of carboxylic acid groups (broad SMARTS) is 1. The third kappa shape index (κ3) is 4.42. The number of methoxy groups -OCH3 is 1. The van der Waals surface area contributed by atoms with E-state index in [9.17, 15) is 34.6 Å². The monoisotopic (exact) mass is 364 g/mol. The van der Waals surface area contributed by atoms with E-state index in [1.165, 1.54) is 0 Å². The van der Waals surface area contributed by atoms with E-state index in [0.717, 1.165) is 19.2 Å². The van der Waals surface area contributed by atoms with Crippen molar-refractivity contribution < 1.29 is 39.2 Å². The maximum absolute atomic E-state index is 12.2. The van der Waals surface area contributed by atoms with Crippen molar-refractivity contribution in [1.82, 2.24) is 0 Å². The van der Waals surface area contributed by atoms with Crippen molar-refractivity contribution in [3.05, 3.63) is 27.8 Å². The molecule has 1 aromatic rings. The zero-order chi connectivity index (χ0) is 18.7.